The van der Waals surface area contributed by atoms with Crippen molar-refractivity contribution in [2.75, 3.05) is 12.1 Å². The van der Waals surface area contributed by atoms with Gasteiger partial charge in [0.2, 0.25) is 12.3 Å². The van der Waals surface area contributed by atoms with Crippen molar-refractivity contribution in [3.63, 3.8) is 0 Å². The summed E-state index contributed by atoms with van der Waals surface area (Å²) in [6, 6.07) is 11.7. The number of amides is 1. The van der Waals surface area contributed by atoms with Crippen LogP contribution in [0, 0.1) is 0 Å². The van der Waals surface area contributed by atoms with Crippen LogP contribution in [0.15, 0.2) is 40.9 Å². The molecule has 2 rings (SSSR count). The van der Waals surface area contributed by atoms with E-state index in [0.29, 0.717) is 24.8 Å². The second-order valence-corrected chi connectivity index (χ2v) is 6.33. The van der Waals surface area contributed by atoms with Crippen molar-refractivity contribution in [1.82, 2.24) is 10.4 Å². The van der Waals surface area contributed by atoms with E-state index in [-0.39, 0.29) is 0 Å². The molecule has 25 heavy (non-hydrogen) atoms. The van der Waals surface area contributed by atoms with Gasteiger partial charge < -0.3 is 9.75 Å². The lowest BCUT2D eigenvalue weighted by atomic mass is 10.1. The molecule has 0 saturated carbocycles. The molecule has 5 N–H and O–H groups in total. The van der Waals surface area contributed by atoms with Crippen LogP contribution in [0.5, 0.6) is 5.88 Å². The molecule has 1 aromatic heterocycles. The molecule has 1 heterocycles. The molecule has 8 heteroatoms. The predicted octanol–water partition coefficient (Wildman–Crippen LogP) is 2.46. The average molecular weight is 410 g/mol. The number of carbonyl (C=O) groups excluding carboxylic acids is 1. The maximum atomic E-state index is 8.94. The van der Waals surface area contributed by atoms with Gasteiger partial charge in [-0.15, -0.1) is 0 Å². The van der Waals surface area contributed by atoms with E-state index in [9.17, 15) is 0 Å². The highest BCUT2D eigenvalue weighted by molar-refractivity contribution is 9.10. The molecule has 0 atom stereocenters. The Morgan fingerprint density at radius 1 is 1.32 bits per heavy atom. The van der Waals surface area contributed by atoms with Gasteiger partial charge >= 0.3 is 0 Å². The van der Waals surface area contributed by atoms with E-state index in [2.05, 4.69) is 40.6 Å². The van der Waals surface area contributed by atoms with Crippen molar-refractivity contribution < 1.29 is 9.53 Å². The van der Waals surface area contributed by atoms with E-state index >= 15 is 0 Å². The van der Waals surface area contributed by atoms with Gasteiger partial charge in [-0.3, -0.25) is 10.2 Å². The van der Waals surface area contributed by atoms with Gasteiger partial charge in [-0.1, -0.05) is 41.9 Å². The number of pyridine rings is 1. The van der Waals surface area contributed by atoms with Gasteiger partial charge in [-0.05, 0) is 24.1 Å². The van der Waals surface area contributed by atoms with E-state index < -0.39 is 0 Å². The standard InChI is InChI=1S/C16H20BrN3O.CH4N2O/c1-11(2)14-7-5-9-16(19-14)21-10-12-13(17)6-4-8-15(12)20(3)18;2-3-1-4/h4-9,11H,10,18H2,1-3H3;1H,2H2,(H,3,4). The fourth-order valence-electron chi connectivity index (χ4n) is 2.00. The highest BCUT2D eigenvalue weighted by Gasteiger charge is 2.10. The molecule has 7 nitrogen and oxygen atoms in total. The van der Waals surface area contributed by atoms with Crippen LogP contribution in [-0.2, 0) is 11.4 Å². The van der Waals surface area contributed by atoms with Crippen molar-refractivity contribution in [2.24, 2.45) is 11.7 Å². The van der Waals surface area contributed by atoms with Crippen LogP contribution in [0.3, 0.4) is 0 Å². The number of ether oxygens (including phenoxy) is 1. The molecule has 0 radical (unpaired) electrons. The quantitative estimate of drug-likeness (QED) is 0.292. The van der Waals surface area contributed by atoms with Crippen molar-refractivity contribution in [3.8, 4) is 5.88 Å². The molecule has 0 spiro atoms. The maximum absolute atomic E-state index is 8.94. The minimum atomic E-state index is 0.378. The minimum Gasteiger partial charge on any atom is -0.473 e. The lowest BCUT2D eigenvalue weighted by Crippen LogP contribution is -2.26. The largest absolute Gasteiger partial charge is 0.473 e. The SMILES string of the molecule is CC(C)c1cccc(OCc2c(Br)cccc2N(C)N)n1.NNC=O. The molecule has 136 valence electrons. The minimum absolute atomic E-state index is 0.378. The summed E-state index contributed by atoms with van der Waals surface area (Å²) in [7, 11) is 1.81. The van der Waals surface area contributed by atoms with Crippen LogP contribution < -0.4 is 26.9 Å². The highest BCUT2D eigenvalue weighted by atomic mass is 79.9. The number of hydrogen-bond acceptors (Lipinski definition) is 6. The number of benzene rings is 1. The van der Waals surface area contributed by atoms with Gasteiger partial charge in [0.1, 0.15) is 6.61 Å². The Bertz CT molecular complexity index is 680. The third kappa shape index (κ3) is 6.69. The zero-order chi connectivity index (χ0) is 18.8. The summed E-state index contributed by atoms with van der Waals surface area (Å²) in [6.45, 7) is 4.63. The highest BCUT2D eigenvalue weighted by Crippen LogP contribution is 2.27. The third-order valence-electron chi connectivity index (χ3n) is 3.24. The molecule has 0 fully saturated rings. The van der Waals surface area contributed by atoms with Gasteiger partial charge in [-0.2, -0.15) is 0 Å². The van der Waals surface area contributed by atoms with Crippen LogP contribution in [0.2, 0.25) is 0 Å². The van der Waals surface area contributed by atoms with Crippen molar-refractivity contribution in [1.29, 1.82) is 0 Å². The van der Waals surface area contributed by atoms with Gasteiger partial charge in [0.15, 0.2) is 0 Å². The number of anilines is 1. The summed E-state index contributed by atoms with van der Waals surface area (Å²) < 4.78 is 6.80. The molecular weight excluding hydrogens is 386 g/mol. The first-order chi connectivity index (χ1) is 11.9. The first kappa shape index (κ1) is 20.9. The zero-order valence-corrected chi connectivity index (χ0v) is 16.2. The van der Waals surface area contributed by atoms with Gasteiger partial charge in [0, 0.05) is 28.8 Å². The first-order valence-electron chi connectivity index (χ1n) is 7.66. The van der Waals surface area contributed by atoms with Crippen molar-refractivity contribution in [2.45, 2.75) is 26.4 Å². The summed E-state index contributed by atoms with van der Waals surface area (Å²) in [5.41, 5.74) is 4.69. The van der Waals surface area contributed by atoms with Crippen molar-refractivity contribution >= 4 is 28.0 Å². The van der Waals surface area contributed by atoms with Gasteiger partial charge in [-0.25, -0.2) is 16.7 Å². The summed E-state index contributed by atoms with van der Waals surface area (Å²) in [5.74, 6) is 11.3. The summed E-state index contributed by atoms with van der Waals surface area (Å²) in [6.07, 6.45) is 0.403. The molecule has 1 amide bonds. The molecule has 0 aliphatic heterocycles. The van der Waals surface area contributed by atoms with Crippen LogP contribution >= 0.6 is 15.9 Å². The summed E-state index contributed by atoms with van der Waals surface area (Å²) >= 11 is 3.54. The van der Waals surface area contributed by atoms with Crippen molar-refractivity contribution in [3.05, 3.63) is 52.1 Å². The molecule has 2 aromatic rings. The Morgan fingerprint density at radius 2 is 1.96 bits per heavy atom. The second-order valence-electron chi connectivity index (χ2n) is 5.48. The number of hydrogen-bond donors (Lipinski definition) is 3. The number of halogens is 1. The van der Waals surface area contributed by atoms with Crippen LogP contribution in [0.1, 0.15) is 31.0 Å². The first-order valence-corrected chi connectivity index (χ1v) is 8.45. The normalized spacial score (nSPS) is 9.88. The Morgan fingerprint density at radius 3 is 2.52 bits per heavy atom. The number of nitrogens with zero attached hydrogens (tertiary/aromatic N) is 2. The fourth-order valence-corrected chi connectivity index (χ4v) is 2.47. The number of nitrogens with two attached hydrogens (primary N) is 2. The number of nitrogens with one attached hydrogen (secondary N) is 1. The van der Waals surface area contributed by atoms with Crippen LogP contribution in [0.4, 0.5) is 5.69 Å². The maximum Gasteiger partial charge on any atom is 0.221 e. The Labute approximate surface area is 156 Å². The zero-order valence-electron chi connectivity index (χ0n) is 14.6. The topological polar surface area (TPSA) is 106 Å². The third-order valence-corrected chi connectivity index (χ3v) is 3.99. The number of carbonyl (C=O) groups is 1. The lowest BCUT2D eigenvalue weighted by molar-refractivity contribution is -0.109. The second kappa shape index (κ2) is 10.7. The van der Waals surface area contributed by atoms with Gasteiger partial charge in [0.25, 0.3) is 0 Å². The molecule has 0 bridgehead atoms. The number of rotatable bonds is 6. The van der Waals surface area contributed by atoms with E-state index in [4.69, 9.17) is 15.4 Å². The molecule has 0 aliphatic rings. The summed E-state index contributed by atoms with van der Waals surface area (Å²) in [4.78, 5) is 13.4. The predicted molar refractivity (Wildman–Crippen MR) is 103 cm³/mol. The molecule has 0 saturated heterocycles. The molecule has 0 aliphatic carbocycles. The van der Waals surface area contributed by atoms with Crippen LogP contribution in [0.25, 0.3) is 0 Å². The Kier molecular flexibility index (Phi) is 8.90. The summed E-state index contributed by atoms with van der Waals surface area (Å²) in [5, 5.41) is 1.58. The van der Waals surface area contributed by atoms with E-state index in [1.54, 1.807) is 10.4 Å². The number of hydrazine groups is 2. The molecule has 1 aromatic carbocycles. The van der Waals surface area contributed by atoms with Crippen LogP contribution in [-0.4, -0.2) is 18.4 Å². The van der Waals surface area contributed by atoms with E-state index in [1.165, 1.54) is 0 Å². The fraction of sp³-hybridized carbons (Fsp3) is 0.294. The number of aromatic nitrogens is 1. The molecular formula is C17H24BrN5O2. The molecule has 0 unspecified atom stereocenters. The average Bonchev–Trinajstić information content (AvgIpc) is 2.60. The lowest BCUT2D eigenvalue weighted by Gasteiger charge is -2.18. The monoisotopic (exact) mass is 409 g/mol. The Balaban J connectivity index is 0.000000705. The smallest absolute Gasteiger partial charge is 0.221 e. The Hall–Kier alpha value is -2.16. The van der Waals surface area contributed by atoms with E-state index in [1.807, 2.05) is 43.4 Å². The van der Waals surface area contributed by atoms with Gasteiger partial charge in [0.05, 0.1) is 5.69 Å². The van der Waals surface area contributed by atoms with E-state index in [0.717, 1.165) is 21.4 Å².